The van der Waals surface area contributed by atoms with E-state index in [2.05, 4.69) is 5.32 Å². The van der Waals surface area contributed by atoms with Crippen LogP contribution in [0.1, 0.15) is 30.6 Å². The number of hydrogen-bond acceptors (Lipinski definition) is 4. The van der Waals surface area contributed by atoms with Gasteiger partial charge < -0.3 is 10.1 Å². The molecule has 1 aliphatic carbocycles. The maximum absolute atomic E-state index is 12.3. The fourth-order valence-corrected chi connectivity index (χ4v) is 3.15. The number of rotatable bonds is 4. The molecule has 0 saturated heterocycles. The molecule has 1 aromatic rings. The minimum Gasteiger partial charge on any atom is -0.381 e. The zero-order chi connectivity index (χ0) is 15.8. The number of methoxy groups -OCH3 is 1. The second-order valence-corrected chi connectivity index (χ2v) is 6.89. The summed E-state index contributed by atoms with van der Waals surface area (Å²) in [6, 6.07) is 4.30. The number of nitro benzene ring substituents is 1. The highest BCUT2D eigenvalue weighted by atomic mass is 127. The van der Waals surface area contributed by atoms with Crippen molar-refractivity contribution in [2.24, 2.45) is 5.41 Å². The van der Waals surface area contributed by atoms with E-state index in [1.54, 1.807) is 13.2 Å². The van der Waals surface area contributed by atoms with Crippen LogP contribution >= 0.6 is 22.6 Å². The third kappa shape index (κ3) is 3.03. The largest absolute Gasteiger partial charge is 0.381 e. The van der Waals surface area contributed by atoms with Gasteiger partial charge in [-0.25, -0.2) is 0 Å². The fourth-order valence-electron chi connectivity index (χ4n) is 2.57. The molecule has 0 aromatic heterocycles. The Morgan fingerprint density at radius 1 is 1.52 bits per heavy atom. The number of halogens is 1. The number of nitro groups is 1. The number of nitrogens with zero attached hydrogens (tertiary/aromatic N) is 1. The van der Waals surface area contributed by atoms with Crippen molar-refractivity contribution in [3.05, 3.63) is 37.4 Å². The third-order valence-corrected chi connectivity index (χ3v) is 5.11. The van der Waals surface area contributed by atoms with Gasteiger partial charge in [0.2, 0.25) is 0 Å². The summed E-state index contributed by atoms with van der Waals surface area (Å²) >= 11 is 2.00. The van der Waals surface area contributed by atoms with E-state index in [1.165, 1.54) is 12.1 Å². The molecule has 2 unspecified atom stereocenters. The molecule has 1 saturated carbocycles. The molecule has 0 radical (unpaired) electrons. The summed E-state index contributed by atoms with van der Waals surface area (Å²) in [4.78, 5) is 22.7. The van der Waals surface area contributed by atoms with Gasteiger partial charge >= 0.3 is 0 Å². The standard InChI is InChI=1S/C14H17IN2O4/c1-14(2)11(7-12(14)21-3)16-13(18)9-6-8(17(19)20)4-5-10(9)15/h4-6,11-12H,7H2,1-3H3,(H,16,18). The summed E-state index contributed by atoms with van der Waals surface area (Å²) in [5.41, 5.74) is 0.112. The van der Waals surface area contributed by atoms with Crippen molar-refractivity contribution >= 4 is 34.2 Å². The molecule has 6 nitrogen and oxygen atoms in total. The number of carbonyl (C=O) groups excluding carboxylic acids is 1. The first-order chi connectivity index (χ1) is 9.77. The van der Waals surface area contributed by atoms with Gasteiger partial charge in [0.1, 0.15) is 0 Å². The minimum absolute atomic E-state index is 0.00464. The second-order valence-electron chi connectivity index (χ2n) is 5.73. The topological polar surface area (TPSA) is 81.5 Å². The number of non-ortho nitro benzene ring substituents is 1. The van der Waals surface area contributed by atoms with E-state index in [0.717, 1.165) is 6.42 Å². The second kappa shape index (κ2) is 5.88. The molecule has 0 aliphatic heterocycles. The predicted octanol–water partition coefficient (Wildman–Crippen LogP) is 2.74. The van der Waals surface area contributed by atoms with E-state index in [4.69, 9.17) is 4.74 Å². The average molecular weight is 404 g/mol. The molecule has 0 spiro atoms. The molecule has 114 valence electrons. The normalized spacial score (nSPS) is 23.2. The Labute approximate surface area is 136 Å². The lowest BCUT2D eigenvalue weighted by Gasteiger charge is -2.51. The molecule has 1 aromatic carbocycles. The van der Waals surface area contributed by atoms with Crippen LogP contribution < -0.4 is 5.32 Å². The maximum Gasteiger partial charge on any atom is 0.270 e. The summed E-state index contributed by atoms with van der Waals surface area (Å²) in [6.45, 7) is 4.07. The van der Waals surface area contributed by atoms with Crippen LogP contribution in [0.3, 0.4) is 0 Å². The van der Waals surface area contributed by atoms with Crippen molar-refractivity contribution < 1.29 is 14.5 Å². The van der Waals surface area contributed by atoms with Crippen LogP contribution in [0.5, 0.6) is 0 Å². The predicted molar refractivity (Wildman–Crippen MR) is 86.3 cm³/mol. The fraction of sp³-hybridized carbons (Fsp3) is 0.500. The van der Waals surface area contributed by atoms with Gasteiger partial charge in [0.15, 0.2) is 0 Å². The highest BCUT2D eigenvalue weighted by Gasteiger charge is 2.49. The van der Waals surface area contributed by atoms with Gasteiger partial charge in [-0.15, -0.1) is 0 Å². The van der Waals surface area contributed by atoms with Gasteiger partial charge in [0, 0.05) is 34.3 Å². The summed E-state index contributed by atoms with van der Waals surface area (Å²) < 4.78 is 6.04. The molecule has 1 N–H and O–H groups in total. The maximum atomic E-state index is 12.3. The molecule has 1 aliphatic rings. The van der Waals surface area contributed by atoms with Gasteiger partial charge in [-0.1, -0.05) is 13.8 Å². The molecular weight excluding hydrogens is 387 g/mol. The zero-order valence-electron chi connectivity index (χ0n) is 12.1. The SMILES string of the molecule is COC1CC(NC(=O)c2cc([N+](=O)[O-])ccc2I)C1(C)C. The van der Waals surface area contributed by atoms with Crippen molar-refractivity contribution in [3.8, 4) is 0 Å². The minimum atomic E-state index is -0.499. The molecule has 1 amide bonds. The molecule has 1 fully saturated rings. The first-order valence-corrected chi connectivity index (χ1v) is 7.63. The van der Waals surface area contributed by atoms with Gasteiger partial charge in [-0.05, 0) is 35.1 Å². The zero-order valence-corrected chi connectivity index (χ0v) is 14.2. The first kappa shape index (κ1) is 16.2. The number of carbonyl (C=O) groups is 1. The number of hydrogen-bond donors (Lipinski definition) is 1. The van der Waals surface area contributed by atoms with E-state index in [0.29, 0.717) is 9.13 Å². The lowest BCUT2D eigenvalue weighted by Crippen LogP contribution is -2.61. The van der Waals surface area contributed by atoms with Crippen LogP contribution in [0.25, 0.3) is 0 Å². The Kier molecular flexibility index (Phi) is 4.52. The Morgan fingerprint density at radius 3 is 2.71 bits per heavy atom. The number of ether oxygens (including phenoxy) is 1. The van der Waals surface area contributed by atoms with E-state index in [9.17, 15) is 14.9 Å². The quantitative estimate of drug-likeness (QED) is 0.476. The molecular formula is C14H17IN2O4. The van der Waals surface area contributed by atoms with Crippen LogP contribution in [-0.4, -0.2) is 30.1 Å². The van der Waals surface area contributed by atoms with E-state index < -0.39 is 4.92 Å². The average Bonchev–Trinajstić information content (AvgIpc) is 2.42. The lowest BCUT2D eigenvalue weighted by molar-refractivity contribution is -0.384. The van der Waals surface area contributed by atoms with Gasteiger partial charge in [0.25, 0.3) is 11.6 Å². The monoisotopic (exact) mass is 404 g/mol. The van der Waals surface area contributed by atoms with E-state index >= 15 is 0 Å². The highest BCUT2D eigenvalue weighted by Crippen LogP contribution is 2.42. The van der Waals surface area contributed by atoms with Crippen LogP contribution in [0.2, 0.25) is 0 Å². The Hall–Kier alpha value is -1.22. The molecule has 2 atom stereocenters. The Bertz CT molecular complexity index is 588. The van der Waals surface area contributed by atoms with Gasteiger partial charge in [-0.2, -0.15) is 0 Å². The van der Waals surface area contributed by atoms with Crippen molar-refractivity contribution in [2.75, 3.05) is 7.11 Å². The summed E-state index contributed by atoms with van der Waals surface area (Å²) in [7, 11) is 1.66. The van der Waals surface area contributed by atoms with E-state index in [-0.39, 0.29) is 29.2 Å². The van der Waals surface area contributed by atoms with Crippen LogP contribution in [-0.2, 0) is 4.74 Å². The van der Waals surface area contributed by atoms with Crippen molar-refractivity contribution in [1.29, 1.82) is 0 Å². The lowest BCUT2D eigenvalue weighted by atomic mass is 9.64. The summed E-state index contributed by atoms with van der Waals surface area (Å²) in [5, 5.41) is 13.8. The highest BCUT2D eigenvalue weighted by molar-refractivity contribution is 14.1. The molecule has 0 bridgehead atoms. The van der Waals surface area contributed by atoms with Crippen molar-refractivity contribution in [1.82, 2.24) is 5.32 Å². The number of nitrogens with one attached hydrogen (secondary N) is 1. The third-order valence-electron chi connectivity index (χ3n) is 4.17. The Balaban J connectivity index is 2.15. The first-order valence-electron chi connectivity index (χ1n) is 6.55. The number of benzene rings is 1. The molecule has 0 heterocycles. The van der Waals surface area contributed by atoms with Gasteiger partial charge in [0.05, 0.1) is 16.6 Å². The molecule has 21 heavy (non-hydrogen) atoms. The van der Waals surface area contributed by atoms with Crippen molar-refractivity contribution in [3.63, 3.8) is 0 Å². The van der Waals surface area contributed by atoms with Gasteiger partial charge in [-0.3, -0.25) is 14.9 Å². The van der Waals surface area contributed by atoms with Crippen molar-refractivity contribution in [2.45, 2.75) is 32.4 Å². The van der Waals surface area contributed by atoms with Crippen LogP contribution in [0, 0.1) is 19.1 Å². The van der Waals surface area contributed by atoms with Crippen LogP contribution in [0.4, 0.5) is 5.69 Å². The summed E-state index contributed by atoms with van der Waals surface area (Å²) in [5.74, 6) is -0.282. The number of amides is 1. The summed E-state index contributed by atoms with van der Waals surface area (Å²) in [6.07, 6.45) is 0.868. The van der Waals surface area contributed by atoms with E-state index in [1.807, 2.05) is 36.4 Å². The molecule has 2 rings (SSSR count). The smallest absolute Gasteiger partial charge is 0.270 e. The van der Waals surface area contributed by atoms with Crippen LogP contribution in [0.15, 0.2) is 18.2 Å². The Morgan fingerprint density at radius 2 is 2.19 bits per heavy atom. The molecule has 7 heteroatoms.